The minimum Gasteiger partial charge on any atom is -0.478 e. The summed E-state index contributed by atoms with van der Waals surface area (Å²) in [6.45, 7) is 3.09. The van der Waals surface area contributed by atoms with Crippen LogP contribution < -0.4 is 21.5 Å². The van der Waals surface area contributed by atoms with Gasteiger partial charge in [-0.2, -0.15) is 0 Å². The van der Waals surface area contributed by atoms with Gasteiger partial charge in [0, 0.05) is 6.04 Å². The molecule has 1 aromatic rings. The number of urea groups is 1. The van der Waals surface area contributed by atoms with Crippen molar-refractivity contribution in [3.8, 4) is 5.75 Å². The lowest BCUT2D eigenvalue weighted by Crippen LogP contribution is -2.42. The van der Waals surface area contributed by atoms with Gasteiger partial charge in [-0.05, 0) is 31.5 Å². The molecule has 1 aromatic carbocycles. The molecule has 0 radical (unpaired) electrons. The highest BCUT2D eigenvalue weighted by atomic mass is 19.1. The number of carbonyl (C=O) groups excluding carboxylic acids is 2. The smallest absolute Gasteiger partial charge is 0.318 e. The quantitative estimate of drug-likeness (QED) is 0.751. The molecule has 0 aromatic heterocycles. The molecule has 0 aliphatic carbocycles. The lowest BCUT2D eigenvalue weighted by Gasteiger charge is -2.15. The van der Waals surface area contributed by atoms with Gasteiger partial charge in [-0.15, -0.1) is 0 Å². The number of nitrogens with two attached hydrogens (primary N) is 2. The van der Waals surface area contributed by atoms with Crippen LogP contribution in [0.3, 0.4) is 0 Å². The number of hydrogen-bond acceptors (Lipinski definition) is 4. The average molecular weight is 269 g/mol. The zero-order chi connectivity index (χ0) is 14.6. The van der Waals surface area contributed by atoms with Crippen molar-refractivity contribution in [3.05, 3.63) is 29.6 Å². The van der Waals surface area contributed by atoms with Crippen LogP contribution in [0, 0.1) is 5.82 Å². The molecule has 0 spiro atoms. The molecule has 0 aliphatic rings. The Kier molecular flexibility index (Phi) is 4.82. The van der Waals surface area contributed by atoms with Crippen LogP contribution in [0.15, 0.2) is 18.2 Å². The molecule has 104 valence electrons. The van der Waals surface area contributed by atoms with E-state index in [4.69, 9.17) is 16.2 Å². The van der Waals surface area contributed by atoms with Crippen molar-refractivity contribution in [1.82, 2.24) is 5.32 Å². The Hall–Kier alpha value is -2.15. The number of hydrogen-bond donors (Lipinski definition) is 3. The van der Waals surface area contributed by atoms with Gasteiger partial charge in [0.2, 0.25) is 0 Å². The molecule has 0 heterocycles. The predicted octanol–water partition coefficient (Wildman–Crippen LogP) is 0.808. The number of ether oxygens (including phenoxy) is 1. The molecule has 7 heteroatoms. The second-order valence-corrected chi connectivity index (χ2v) is 4.09. The fraction of sp³-hybridized carbons (Fsp3) is 0.333. The zero-order valence-electron chi connectivity index (χ0n) is 10.6. The third kappa shape index (κ3) is 4.22. The Morgan fingerprint density at radius 3 is 2.47 bits per heavy atom. The average Bonchev–Trinajstić information content (AvgIpc) is 2.30. The number of benzene rings is 1. The SMILES string of the molecule is CC(Oc1ccc([C@@H](C)N)cc1F)C(=O)NC(N)=O. The molecule has 0 fully saturated rings. The molecular formula is C12H16FN3O3. The first kappa shape index (κ1) is 14.9. The lowest BCUT2D eigenvalue weighted by atomic mass is 10.1. The maximum Gasteiger partial charge on any atom is 0.318 e. The van der Waals surface area contributed by atoms with E-state index in [0.717, 1.165) is 0 Å². The van der Waals surface area contributed by atoms with Crippen molar-refractivity contribution in [2.75, 3.05) is 0 Å². The van der Waals surface area contributed by atoms with Gasteiger partial charge in [-0.1, -0.05) is 6.07 Å². The Morgan fingerprint density at radius 2 is 2.00 bits per heavy atom. The summed E-state index contributed by atoms with van der Waals surface area (Å²) in [4.78, 5) is 21.9. The molecule has 0 saturated heterocycles. The Bertz CT molecular complexity index is 491. The second-order valence-electron chi connectivity index (χ2n) is 4.09. The van der Waals surface area contributed by atoms with Crippen molar-refractivity contribution in [2.45, 2.75) is 26.0 Å². The van der Waals surface area contributed by atoms with Gasteiger partial charge in [0.05, 0.1) is 0 Å². The molecule has 0 saturated carbocycles. The van der Waals surface area contributed by atoms with Gasteiger partial charge < -0.3 is 16.2 Å². The van der Waals surface area contributed by atoms with Crippen LogP contribution >= 0.6 is 0 Å². The molecule has 1 rings (SSSR count). The maximum absolute atomic E-state index is 13.7. The van der Waals surface area contributed by atoms with E-state index in [-0.39, 0.29) is 11.8 Å². The van der Waals surface area contributed by atoms with Crippen molar-refractivity contribution in [2.24, 2.45) is 11.5 Å². The molecule has 0 bridgehead atoms. The molecule has 5 N–H and O–H groups in total. The fourth-order valence-corrected chi connectivity index (χ4v) is 1.36. The van der Waals surface area contributed by atoms with Gasteiger partial charge in [-0.3, -0.25) is 10.1 Å². The Labute approximate surface area is 109 Å². The third-order valence-corrected chi connectivity index (χ3v) is 2.40. The first-order valence-electron chi connectivity index (χ1n) is 5.63. The molecule has 6 nitrogen and oxygen atoms in total. The van der Waals surface area contributed by atoms with E-state index >= 15 is 0 Å². The minimum atomic E-state index is -1.05. The molecule has 2 atom stereocenters. The third-order valence-electron chi connectivity index (χ3n) is 2.40. The number of amides is 3. The molecule has 0 aliphatic heterocycles. The van der Waals surface area contributed by atoms with Crippen LogP contribution in [0.5, 0.6) is 5.75 Å². The van der Waals surface area contributed by atoms with E-state index in [1.54, 1.807) is 13.0 Å². The highest BCUT2D eigenvalue weighted by molar-refractivity contribution is 5.95. The van der Waals surface area contributed by atoms with E-state index in [2.05, 4.69) is 0 Å². The van der Waals surface area contributed by atoms with Gasteiger partial charge in [-0.25, -0.2) is 9.18 Å². The van der Waals surface area contributed by atoms with E-state index < -0.39 is 23.9 Å². The minimum absolute atomic E-state index is 0.100. The Morgan fingerprint density at radius 1 is 1.37 bits per heavy atom. The summed E-state index contributed by atoms with van der Waals surface area (Å²) in [6.07, 6.45) is -1.05. The van der Waals surface area contributed by atoms with Crippen LogP contribution in [0.25, 0.3) is 0 Å². The highest BCUT2D eigenvalue weighted by Gasteiger charge is 2.18. The van der Waals surface area contributed by atoms with Crippen molar-refractivity contribution in [3.63, 3.8) is 0 Å². The van der Waals surface area contributed by atoms with E-state index in [1.165, 1.54) is 19.1 Å². The van der Waals surface area contributed by atoms with Gasteiger partial charge >= 0.3 is 6.03 Å². The van der Waals surface area contributed by atoms with E-state index in [9.17, 15) is 14.0 Å². The van der Waals surface area contributed by atoms with Crippen LogP contribution in [0.2, 0.25) is 0 Å². The summed E-state index contributed by atoms with van der Waals surface area (Å²) in [5.74, 6) is -1.48. The first-order valence-corrected chi connectivity index (χ1v) is 5.63. The normalized spacial score (nSPS) is 13.5. The zero-order valence-corrected chi connectivity index (χ0v) is 10.6. The number of nitrogens with one attached hydrogen (secondary N) is 1. The standard InChI is InChI=1S/C12H16FN3O3/c1-6(14)8-3-4-10(9(13)5-8)19-7(2)11(17)16-12(15)18/h3-7H,14H2,1-2H3,(H3,15,16,17,18)/t6-,7?/m1/s1. The number of imide groups is 1. The van der Waals surface area contributed by atoms with Crippen molar-refractivity contribution in [1.29, 1.82) is 0 Å². The van der Waals surface area contributed by atoms with E-state index in [0.29, 0.717) is 5.56 Å². The fourth-order valence-electron chi connectivity index (χ4n) is 1.36. The monoisotopic (exact) mass is 269 g/mol. The van der Waals surface area contributed by atoms with Crippen molar-refractivity contribution >= 4 is 11.9 Å². The van der Waals surface area contributed by atoms with Crippen LogP contribution in [-0.2, 0) is 4.79 Å². The summed E-state index contributed by atoms with van der Waals surface area (Å²) in [5.41, 5.74) is 11.0. The largest absolute Gasteiger partial charge is 0.478 e. The molecule has 1 unspecified atom stereocenters. The molecule has 3 amide bonds. The predicted molar refractivity (Wildman–Crippen MR) is 66.8 cm³/mol. The van der Waals surface area contributed by atoms with Crippen molar-refractivity contribution < 1.29 is 18.7 Å². The van der Waals surface area contributed by atoms with Gasteiger partial charge in [0.25, 0.3) is 5.91 Å². The second kappa shape index (κ2) is 6.14. The van der Waals surface area contributed by atoms with Crippen LogP contribution in [0.4, 0.5) is 9.18 Å². The van der Waals surface area contributed by atoms with Crippen LogP contribution in [0.1, 0.15) is 25.5 Å². The molecule has 19 heavy (non-hydrogen) atoms. The Balaban J connectivity index is 2.77. The highest BCUT2D eigenvalue weighted by Crippen LogP contribution is 2.22. The maximum atomic E-state index is 13.7. The van der Waals surface area contributed by atoms with Gasteiger partial charge in [0.15, 0.2) is 17.7 Å². The number of primary amides is 1. The summed E-state index contributed by atoms with van der Waals surface area (Å²) in [5, 5.41) is 1.84. The lowest BCUT2D eigenvalue weighted by molar-refractivity contribution is -0.126. The number of carbonyl (C=O) groups is 2. The summed E-state index contributed by atoms with van der Waals surface area (Å²) in [7, 11) is 0. The van der Waals surface area contributed by atoms with Crippen LogP contribution in [-0.4, -0.2) is 18.0 Å². The first-order chi connectivity index (χ1) is 8.81. The topological polar surface area (TPSA) is 107 Å². The van der Waals surface area contributed by atoms with Gasteiger partial charge in [0.1, 0.15) is 0 Å². The summed E-state index contributed by atoms with van der Waals surface area (Å²) in [6, 6.07) is 2.91. The number of rotatable bonds is 4. The van der Waals surface area contributed by atoms with E-state index in [1.807, 2.05) is 5.32 Å². The summed E-state index contributed by atoms with van der Waals surface area (Å²) >= 11 is 0. The summed E-state index contributed by atoms with van der Waals surface area (Å²) < 4.78 is 18.8. The molecular weight excluding hydrogens is 253 g/mol. The number of halogens is 1.